The molecule has 7 nitrogen and oxygen atoms in total. The smallest absolute Gasteiger partial charge is 0.245 e. The van der Waals surface area contributed by atoms with Crippen LogP contribution in [-0.4, -0.2) is 44.2 Å². The van der Waals surface area contributed by atoms with Crippen molar-refractivity contribution in [3.8, 4) is 0 Å². The van der Waals surface area contributed by atoms with E-state index in [1.165, 1.54) is 11.3 Å². The van der Waals surface area contributed by atoms with Gasteiger partial charge in [0, 0.05) is 11.9 Å². The summed E-state index contributed by atoms with van der Waals surface area (Å²) in [6, 6.07) is 0.246. The van der Waals surface area contributed by atoms with Gasteiger partial charge in [0.05, 0.1) is 40.6 Å². The molecule has 2 atom stereocenters. The van der Waals surface area contributed by atoms with E-state index in [1.807, 2.05) is 19.2 Å². The van der Waals surface area contributed by atoms with Crippen LogP contribution >= 0.6 is 11.3 Å². The van der Waals surface area contributed by atoms with Gasteiger partial charge in [0.2, 0.25) is 11.9 Å². The number of thiazole rings is 1. The molecule has 0 spiro atoms. The third-order valence-corrected chi connectivity index (χ3v) is 6.10. The predicted octanol–water partition coefficient (Wildman–Crippen LogP) is 1.81. The van der Waals surface area contributed by atoms with E-state index in [4.69, 9.17) is 0 Å². The van der Waals surface area contributed by atoms with Gasteiger partial charge in [0.15, 0.2) is 0 Å². The molecule has 8 heteroatoms. The molecule has 2 fully saturated rings. The Balaban J connectivity index is 1.52. The summed E-state index contributed by atoms with van der Waals surface area (Å²) >= 11 is 1.52. The predicted molar refractivity (Wildman–Crippen MR) is 95.6 cm³/mol. The topological polar surface area (TPSA) is 83.9 Å². The van der Waals surface area contributed by atoms with Crippen molar-refractivity contribution in [2.24, 2.45) is 0 Å². The molecule has 2 aromatic rings. The number of nitrogens with one attached hydrogen (secondary N) is 1. The van der Waals surface area contributed by atoms with Crippen molar-refractivity contribution in [1.29, 1.82) is 0 Å². The molecule has 0 radical (unpaired) electrons. The van der Waals surface area contributed by atoms with Crippen molar-refractivity contribution in [3.05, 3.63) is 28.0 Å². The summed E-state index contributed by atoms with van der Waals surface area (Å²) in [7, 11) is 0. The number of hydrogen-bond donors (Lipinski definition) is 1. The van der Waals surface area contributed by atoms with Crippen molar-refractivity contribution < 1.29 is 4.79 Å². The van der Waals surface area contributed by atoms with Crippen molar-refractivity contribution in [2.45, 2.75) is 57.5 Å². The normalized spacial score (nSPS) is 25.2. The van der Waals surface area contributed by atoms with E-state index < -0.39 is 0 Å². The zero-order valence-electron chi connectivity index (χ0n) is 14.5. The Bertz CT molecular complexity index is 779. The van der Waals surface area contributed by atoms with Crippen molar-refractivity contribution >= 4 is 23.2 Å². The summed E-state index contributed by atoms with van der Waals surface area (Å²) in [6.45, 7) is 4.73. The largest absolute Gasteiger partial charge is 0.348 e. The fraction of sp³-hybridized carbons (Fsp3) is 0.588. The molecule has 25 heavy (non-hydrogen) atoms. The van der Waals surface area contributed by atoms with Crippen LogP contribution in [-0.2, 0) is 11.2 Å². The van der Waals surface area contributed by atoms with Gasteiger partial charge in [-0.2, -0.15) is 5.10 Å². The van der Waals surface area contributed by atoms with Crippen LogP contribution in [0.25, 0.3) is 0 Å². The lowest BCUT2D eigenvalue weighted by atomic mass is 9.92. The van der Waals surface area contributed by atoms with Crippen LogP contribution in [0, 0.1) is 13.8 Å². The molecule has 2 aliphatic rings. The van der Waals surface area contributed by atoms with E-state index in [1.54, 1.807) is 5.51 Å². The number of carbonyl (C=O) groups excluding carboxylic acids is 1. The maximum Gasteiger partial charge on any atom is 0.245 e. The third kappa shape index (κ3) is 2.99. The van der Waals surface area contributed by atoms with E-state index in [-0.39, 0.29) is 17.5 Å². The second kappa shape index (κ2) is 6.33. The number of anilines is 1. The molecular weight excluding hydrogens is 336 g/mol. The summed E-state index contributed by atoms with van der Waals surface area (Å²) in [5.41, 5.74) is 4.20. The molecule has 2 unspecified atom stereocenters. The second-order valence-electron chi connectivity index (χ2n) is 6.99. The number of amides is 1. The summed E-state index contributed by atoms with van der Waals surface area (Å²) in [5.74, 6) is 0.740. The molecule has 2 aromatic heterocycles. The fourth-order valence-corrected chi connectivity index (χ4v) is 4.66. The van der Waals surface area contributed by atoms with E-state index in [9.17, 15) is 4.79 Å². The first-order valence-electron chi connectivity index (χ1n) is 8.70. The molecular formula is C17H22N6OS. The highest BCUT2D eigenvalue weighted by atomic mass is 32.1. The minimum atomic E-state index is -0.171. The number of nitrogens with zero attached hydrogens (tertiary/aromatic N) is 5. The van der Waals surface area contributed by atoms with Crippen LogP contribution in [0.1, 0.15) is 42.8 Å². The highest BCUT2D eigenvalue weighted by molar-refractivity contribution is 7.07. The van der Waals surface area contributed by atoms with E-state index >= 15 is 0 Å². The van der Waals surface area contributed by atoms with Gasteiger partial charge in [-0.15, -0.1) is 16.4 Å². The number of rotatable bonds is 4. The van der Waals surface area contributed by atoms with Crippen molar-refractivity contribution in [1.82, 2.24) is 25.5 Å². The lowest BCUT2D eigenvalue weighted by molar-refractivity contribution is -0.122. The van der Waals surface area contributed by atoms with Gasteiger partial charge in [-0.05, 0) is 39.5 Å². The fourth-order valence-electron chi connectivity index (χ4n) is 4.10. The SMILES string of the molecule is Cc1nnc(N2CCC3(NC(=O)Cc4cscn4)CCCC23)nc1C. The van der Waals surface area contributed by atoms with Gasteiger partial charge < -0.3 is 10.2 Å². The number of fused-ring (bicyclic) bond motifs is 1. The van der Waals surface area contributed by atoms with Crippen LogP contribution in [0.4, 0.5) is 5.95 Å². The Kier molecular flexibility index (Phi) is 4.15. The molecule has 4 rings (SSSR count). The minimum absolute atomic E-state index is 0.0544. The second-order valence-corrected chi connectivity index (χ2v) is 7.71. The van der Waals surface area contributed by atoms with Gasteiger partial charge in [-0.3, -0.25) is 4.79 Å². The van der Waals surface area contributed by atoms with E-state index in [0.29, 0.717) is 12.4 Å². The summed E-state index contributed by atoms with van der Waals surface area (Å²) in [6.07, 6.45) is 4.44. The summed E-state index contributed by atoms with van der Waals surface area (Å²) in [5, 5.41) is 13.8. The molecule has 3 heterocycles. The Labute approximate surface area is 150 Å². The first kappa shape index (κ1) is 16.4. The standard InChI is InChI=1S/C17H22N6OS/c1-11-12(2)21-22-16(19-11)23-7-6-17(5-3-4-14(17)23)20-15(24)8-13-9-25-10-18-13/h9-10,14H,3-8H2,1-2H3,(H,20,24). The molecule has 1 amide bonds. The van der Waals surface area contributed by atoms with Gasteiger partial charge in [-0.1, -0.05) is 0 Å². The molecule has 1 saturated carbocycles. The maximum atomic E-state index is 12.5. The van der Waals surface area contributed by atoms with Gasteiger partial charge in [-0.25, -0.2) is 9.97 Å². The number of carbonyl (C=O) groups is 1. The Hall–Kier alpha value is -2.09. The summed E-state index contributed by atoms with van der Waals surface area (Å²) in [4.78, 5) is 23.6. The summed E-state index contributed by atoms with van der Waals surface area (Å²) < 4.78 is 0. The quantitative estimate of drug-likeness (QED) is 0.897. The number of hydrogen-bond acceptors (Lipinski definition) is 7. The van der Waals surface area contributed by atoms with Crippen LogP contribution in [0.15, 0.2) is 10.9 Å². The number of aromatic nitrogens is 4. The monoisotopic (exact) mass is 358 g/mol. The van der Waals surface area contributed by atoms with Crippen molar-refractivity contribution in [2.75, 3.05) is 11.4 Å². The van der Waals surface area contributed by atoms with Crippen molar-refractivity contribution in [3.63, 3.8) is 0 Å². The minimum Gasteiger partial charge on any atom is -0.348 e. The first-order chi connectivity index (χ1) is 12.1. The van der Waals surface area contributed by atoms with E-state index in [0.717, 1.165) is 49.3 Å². The van der Waals surface area contributed by atoms with Gasteiger partial charge in [0.1, 0.15) is 0 Å². The molecule has 1 aliphatic heterocycles. The first-order valence-corrected chi connectivity index (χ1v) is 9.64. The zero-order valence-corrected chi connectivity index (χ0v) is 15.3. The Morgan fingerprint density at radius 3 is 3.00 bits per heavy atom. The average Bonchev–Trinajstić information content (AvgIpc) is 3.27. The molecule has 132 valence electrons. The number of aryl methyl sites for hydroxylation is 2. The highest BCUT2D eigenvalue weighted by Gasteiger charge is 2.52. The molecule has 0 aromatic carbocycles. The van der Waals surface area contributed by atoms with Crippen LogP contribution in [0.3, 0.4) is 0 Å². The van der Waals surface area contributed by atoms with Crippen LogP contribution in [0.2, 0.25) is 0 Å². The molecule has 1 saturated heterocycles. The lowest BCUT2D eigenvalue weighted by Gasteiger charge is -2.33. The average molecular weight is 358 g/mol. The Morgan fingerprint density at radius 1 is 1.36 bits per heavy atom. The molecule has 1 aliphatic carbocycles. The van der Waals surface area contributed by atoms with Crippen LogP contribution in [0.5, 0.6) is 0 Å². The van der Waals surface area contributed by atoms with Gasteiger partial charge in [0.25, 0.3) is 0 Å². The zero-order chi connectivity index (χ0) is 17.4. The maximum absolute atomic E-state index is 12.5. The molecule has 1 N–H and O–H groups in total. The van der Waals surface area contributed by atoms with E-state index in [2.05, 4.69) is 30.4 Å². The molecule has 0 bridgehead atoms. The van der Waals surface area contributed by atoms with Crippen LogP contribution < -0.4 is 10.2 Å². The highest BCUT2D eigenvalue weighted by Crippen LogP contribution is 2.42. The van der Waals surface area contributed by atoms with Gasteiger partial charge >= 0.3 is 0 Å². The Morgan fingerprint density at radius 2 is 2.24 bits per heavy atom. The lowest BCUT2D eigenvalue weighted by Crippen LogP contribution is -2.54. The third-order valence-electron chi connectivity index (χ3n) is 5.46.